The number of hydrogen-bond donors (Lipinski definition) is 2. The molecule has 68 heavy (non-hydrogen) atoms. The zero-order valence-electron chi connectivity index (χ0n) is 37.9. The molecule has 2 unspecified atom stereocenters. The molecule has 351 valence electrons. The number of likely N-dealkylation sites (N-methyl/N-ethyl adjacent to an activating group) is 1. The van der Waals surface area contributed by atoms with Crippen molar-refractivity contribution in [2.45, 2.75) is 70.2 Å². The number of likely N-dealkylation sites (tertiary alicyclic amines) is 1. The molecule has 3 amide bonds. The average Bonchev–Trinajstić information content (AvgIpc) is 4.03. The molecular formula is C49H51FN10O7Y-2. The maximum absolute atomic E-state index is 15.6. The first kappa shape index (κ1) is 51.0. The second-order valence-corrected chi connectivity index (χ2v) is 16.4. The SMILES string of the molecule is O=C1CCC(N2Cc3[c-]cccc3C2=O)C(=O)C1.[C-]#[N+]/C(=C\C(C)N(C)CCOCCNC([CH2-])=O)C(=O)N1CCC[C@H]1Cn1nc(-c2ccc(Oc3ccccc3)cc2F)c2c(N)ncnc21.[Y]. The van der Waals surface area contributed by atoms with Crippen LogP contribution in [0.4, 0.5) is 10.2 Å². The molecule has 2 fully saturated rings. The molecule has 0 spiro atoms. The quantitative estimate of drug-likeness (QED) is 0.0601. The van der Waals surface area contributed by atoms with Crippen LogP contribution in [-0.2, 0) is 69.7 Å². The molecule has 3 aliphatic rings. The minimum Gasteiger partial charge on any atom is -0.457 e. The molecule has 1 saturated heterocycles. The van der Waals surface area contributed by atoms with E-state index < -0.39 is 11.9 Å². The topological polar surface area (TPSA) is 200 Å². The Morgan fingerprint density at radius 2 is 1.88 bits per heavy atom. The van der Waals surface area contributed by atoms with Crippen molar-refractivity contribution in [2.75, 3.05) is 45.6 Å². The molecule has 19 heteroatoms. The number of fused-ring (bicyclic) bond motifs is 2. The number of halogens is 1. The van der Waals surface area contributed by atoms with Gasteiger partial charge < -0.3 is 42.0 Å². The van der Waals surface area contributed by atoms with E-state index in [0.29, 0.717) is 86.8 Å². The van der Waals surface area contributed by atoms with Crippen molar-refractivity contribution in [2.24, 2.45) is 0 Å². The van der Waals surface area contributed by atoms with E-state index in [4.69, 9.17) is 26.9 Å². The summed E-state index contributed by atoms with van der Waals surface area (Å²) >= 11 is 0. The minimum atomic E-state index is -0.555. The van der Waals surface area contributed by atoms with Crippen molar-refractivity contribution >= 4 is 46.1 Å². The number of nitrogens with one attached hydrogen (secondary N) is 1. The van der Waals surface area contributed by atoms with Crippen LogP contribution in [0.3, 0.4) is 0 Å². The van der Waals surface area contributed by atoms with Crippen LogP contribution in [0.5, 0.6) is 11.5 Å². The van der Waals surface area contributed by atoms with E-state index in [0.717, 1.165) is 12.0 Å². The molecule has 2 aromatic heterocycles. The van der Waals surface area contributed by atoms with Crippen LogP contribution in [-0.4, -0.2) is 122 Å². The number of nitrogen functional groups attached to an aromatic ring is 1. The fourth-order valence-electron chi connectivity index (χ4n) is 8.29. The maximum atomic E-state index is 15.6. The van der Waals surface area contributed by atoms with Gasteiger partial charge in [-0.15, -0.1) is 5.56 Å². The summed E-state index contributed by atoms with van der Waals surface area (Å²) in [6, 6.07) is 21.0. The molecule has 3 N–H and O–H groups in total. The fourth-order valence-corrected chi connectivity index (χ4v) is 8.29. The van der Waals surface area contributed by atoms with Gasteiger partial charge in [0.25, 0.3) is 5.91 Å². The van der Waals surface area contributed by atoms with Gasteiger partial charge in [0.2, 0.25) is 5.70 Å². The van der Waals surface area contributed by atoms with E-state index in [1.807, 2.05) is 37.1 Å². The van der Waals surface area contributed by atoms with Gasteiger partial charge >= 0.3 is 0 Å². The monoisotopic (exact) mass is 999 g/mol. The van der Waals surface area contributed by atoms with Crippen LogP contribution in [0.15, 0.2) is 84.8 Å². The van der Waals surface area contributed by atoms with Crippen LogP contribution < -0.4 is 15.8 Å². The number of amides is 3. The van der Waals surface area contributed by atoms with Gasteiger partial charge in [0, 0.05) is 83.0 Å². The number of carbonyl (C=O) groups is 5. The largest absolute Gasteiger partial charge is 0.457 e. The molecule has 8 rings (SSSR count). The minimum absolute atomic E-state index is 0. The third kappa shape index (κ3) is 12.2. The van der Waals surface area contributed by atoms with Crippen molar-refractivity contribution in [3.05, 3.63) is 126 Å². The number of rotatable bonds is 15. The van der Waals surface area contributed by atoms with E-state index in [2.05, 4.69) is 33.1 Å². The number of Topliss-reactive ketones (excluding diaryl/α,β-unsaturated/α-hetero) is 2. The summed E-state index contributed by atoms with van der Waals surface area (Å²) in [4.78, 5) is 77.2. The number of aromatic nitrogens is 4. The Morgan fingerprint density at radius 3 is 2.60 bits per heavy atom. The molecule has 17 nitrogen and oxygen atoms in total. The number of para-hydroxylation sites is 1. The third-order valence-electron chi connectivity index (χ3n) is 11.9. The molecule has 2 aliphatic heterocycles. The predicted octanol–water partition coefficient (Wildman–Crippen LogP) is 5.22. The van der Waals surface area contributed by atoms with Gasteiger partial charge in [-0.2, -0.15) is 29.4 Å². The molecular weight excluding hydrogens is 949 g/mol. The average molecular weight is 1000 g/mol. The summed E-state index contributed by atoms with van der Waals surface area (Å²) in [5, 5.41) is 7.72. The Kier molecular flexibility index (Phi) is 17.7. The van der Waals surface area contributed by atoms with Crippen LogP contribution in [0.25, 0.3) is 27.1 Å². The number of nitrogens with two attached hydrogens (primary N) is 1. The molecule has 1 radical (unpaired) electrons. The molecule has 4 heterocycles. The number of anilines is 1. The Hall–Kier alpha value is -6.39. The Morgan fingerprint density at radius 1 is 1.09 bits per heavy atom. The normalized spacial score (nSPS) is 17.3. The number of benzene rings is 3. The number of hydrogen-bond acceptors (Lipinski definition) is 12. The first-order chi connectivity index (χ1) is 32.3. The van der Waals surface area contributed by atoms with E-state index in [-0.39, 0.29) is 110 Å². The van der Waals surface area contributed by atoms with Crippen molar-refractivity contribution in [1.82, 2.24) is 39.8 Å². The number of carbonyl (C=O) groups excluding carboxylic acids is 5. The standard InChI is InChI=1S/C35H39FN9O4.C14H12NO3.Y/c1-23(43(4)16-18-48-17-14-39-24(2)46)19-30(38-3)35(47)44-15-8-9-25(44)21-45-34-31(33(37)40-22-41-34)32(42-45)28-13-12-27(20-29(28)36)49-26-10-6-5-7-11-26;16-10-5-6-12(13(17)7-10)15-8-9-3-1-2-4-11(9)14(15)18;/h5-7,10-13,19-20,22-23,25H,2,8-9,14-18,21H2,1,4H3,(H,39,46)(H2,37,40,41);1-2,4,12H,5-8H2;/q2*-1;/b30-19-;;/t23?,25-;;/m0../s1. The van der Waals surface area contributed by atoms with Gasteiger partial charge in [0.15, 0.2) is 17.3 Å². The fraction of sp³-hybridized carbons (Fsp3) is 0.347. The van der Waals surface area contributed by atoms with Crippen LogP contribution in [0.2, 0.25) is 0 Å². The van der Waals surface area contributed by atoms with Crippen LogP contribution >= 0.6 is 0 Å². The van der Waals surface area contributed by atoms with Crippen LogP contribution in [0.1, 0.15) is 54.9 Å². The van der Waals surface area contributed by atoms with Gasteiger partial charge in [0.1, 0.15) is 40.9 Å². The molecule has 3 aromatic carbocycles. The summed E-state index contributed by atoms with van der Waals surface area (Å²) in [6.45, 7) is 15.8. The first-order valence-corrected chi connectivity index (χ1v) is 22.0. The third-order valence-corrected chi connectivity index (χ3v) is 11.9. The second kappa shape index (κ2) is 23.6. The number of nitrogens with zero attached hydrogens (tertiary/aromatic N) is 8. The van der Waals surface area contributed by atoms with Crippen molar-refractivity contribution in [3.63, 3.8) is 0 Å². The van der Waals surface area contributed by atoms with E-state index in [1.54, 1.807) is 63.0 Å². The van der Waals surface area contributed by atoms with E-state index in [9.17, 15) is 24.0 Å². The maximum Gasteiger partial charge on any atom is 0.252 e. The Balaban J connectivity index is 0.000000333. The number of ether oxygens (including phenoxy) is 2. The summed E-state index contributed by atoms with van der Waals surface area (Å²) in [5.41, 5.74) is 8.68. The summed E-state index contributed by atoms with van der Waals surface area (Å²) in [6.07, 6.45) is 5.25. The van der Waals surface area contributed by atoms with Crippen LogP contribution in [0, 0.1) is 25.4 Å². The Labute approximate surface area is 418 Å². The van der Waals surface area contributed by atoms with Gasteiger partial charge in [-0.25, -0.2) is 23.9 Å². The van der Waals surface area contributed by atoms with Gasteiger partial charge in [0.05, 0.1) is 56.1 Å². The van der Waals surface area contributed by atoms with Crippen molar-refractivity contribution < 1.29 is 70.5 Å². The summed E-state index contributed by atoms with van der Waals surface area (Å²) in [7, 11) is 1.88. The molecule has 1 saturated carbocycles. The Bertz CT molecular complexity index is 2730. The molecule has 3 atom stereocenters. The van der Waals surface area contributed by atoms with E-state index >= 15 is 4.39 Å². The van der Waals surface area contributed by atoms with E-state index in [1.165, 1.54) is 12.4 Å². The van der Waals surface area contributed by atoms with Crippen molar-refractivity contribution in [3.8, 4) is 22.8 Å². The smallest absolute Gasteiger partial charge is 0.252 e. The summed E-state index contributed by atoms with van der Waals surface area (Å²) in [5.74, 6) is -0.478. The summed E-state index contributed by atoms with van der Waals surface area (Å²) < 4.78 is 28.6. The van der Waals surface area contributed by atoms with Gasteiger partial charge in [-0.1, -0.05) is 29.8 Å². The second-order valence-electron chi connectivity index (χ2n) is 16.4. The van der Waals surface area contributed by atoms with Crippen molar-refractivity contribution in [1.29, 1.82) is 0 Å². The molecule has 0 bridgehead atoms. The van der Waals surface area contributed by atoms with Gasteiger partial charge in [-0.3, -0.25) is 24.1 Å². The number of ketones is 2. The van der Waals surface area contributed by atoms with Gasteiger partial charge in [-0.05, 0) is 57.5 Å². The molecule has 1 aliphatic carbocycles. The zero-order valence-corrected chi connectivity index (χ0v) is 40.7. The first-order valence-electron chi connectivity index (χ1n) is 22.0. The zero-order chi connectivity index (χ0) is 47.6. The predicted molar refractivity (Wildman–Crippen MR) is 245 cm³/mol. The molecule has 5 aromatic rings.